The highest BCUT2D eigenvalue weighted by Gasteiger charge is 2.41. The van der Waals surface area contributed by atoms with Crippen LogP contribution in [-0.2, 0) is 9.59 Å². The van der Waals surface area contributed by atoms with E-state index < -0.39 is 0 Å². The van der Waals surface area contributed by atoms with E-state index in [1.807, 2.05) is 36.1 Å². The number of hydrogen-bond donors (Lipinski definition) is 2. The molecule has 2 amide bonds. The van der Waals surface area contributed by atoms with Crippen LogP contribution in [0.5, 0.6) is 5.75 Å². The molecule has 1 aromatic rings. The first-order valence-corrected chi connectivity index (χ1v) is 9.95. The van der Waals surface area contributed by atoms with Gasteiger partial charge < -0.3 is 20.7 Å². The van der Waals surface area contributed by atoms with Crippen molar-refractivity contribution in [2.75, 3.05) is 20.2 Å². The summed E-state index contributed by atoms with van der Waals surface area (Å²) in [5.74, 6) is 0.524. The van der Waals surface area contributed by atoms with Crippen molar-refractivity contribution < 1.29 is 14.3 Å². The van der Waals surface area contributed by atoms with Gasteiger partial charge in [-0.3, -0.25) is 9.59 Å². The van der Waals surface area contributed by atoms with Gasteiger partial charge in [0.25, 0.3) is 0 Å². The quantitative estimate of drug-likeness (QED) is 0.654. The van der Waals surface area contributed by atoms with Gasteiger partial charge in [0, 0.05) is 31.1 Å². The number of nitrogens with one attached hydrogen (secondary N) is 1. The van der Waals surface area contributed by atoms with Crippen LogP contribution in [0.1, 0.15) is 57.6 Å². The van der Waals surface area contributed by atoms with Crippen molar-refractivity contribution in [1.29, 1.82) is 0 Å². The molecule has 158 valence electrons. The Bertz CT molecular complexity index is 639. The van der Waals surface area contributed by atoms with Crippen LogP contribution < -0.4 is 15.8 Å². The average Bonchev–Trinajstić information content (AvgIpc) is 2.66. The van der Waals surface area contributed by atoms with Gasteiger partial charge in [0.2, 0.25) is 11.8 Å². The number of piperidine rings is 1. The normalized spacial score (nSPS) is 20.3. The summed E-state index contributed by atoms with van der Waals surface area (Å²) in [6.07, 6.45) is 3.59. The summed E-state index contributed by atoms with van der Waals surface area (Å²) >= 11 is 0. The Morgan fingerprint density at radius 3 is 2.75 bits per heavy atom. The maximum absolute atomic E-state index is 13.0. The molecule has 1 heterocycles. The molecular weight excluding hydrogens is 378 g/mol. The lowest BCUT2D eigenvalue weighted by Crippen LogP contribution is -2.48. The fourth-order valence-corrected chi connectivity index (χ4v) is 3.67. The minimum Gasteiger partial charge on any atom is -0.496 e. The van der Waals surface area contributed by atoms with E-state index in [1.54, 1.807) is 7.11 Å². The summed E-state index contributed by atoms with van der Waals surface area (Å²) in [5.41, 5.74) is 6.69. The number of carbonyl (C=O) groups excluding carboxylic acids is 2. The number of hydrogen-bond acceptors (Lipinski definition) is 4. The lowest BCUT2D eigenvalue weighted by atomic mass is 9.83. The lowest BCUT2D eigenvalue weighted by Gasteiger charge is -2.41. The molecule has 0 saturated carbocycles. The molecule has 3 atom stereocenters. The molecule has 3 N–H and O–H groups in total. The minimum atomic E-state index is -0.302. The van der Waals surface area contributed by atoms with Gasteiger partial charge in [-0.1, -0.05) is 31.5 Å². The number of ether oxygens (including phenoxy) is 1. The van der Waals surface area contributed by atoms with E-state index in [0.717, 1.165) is 24.8 Å². The maximum Gasteiger partial charge on any atom is 0.225 e. The lowest BCUT2D eigenvalue weighted by molar-refractivity contribution is -0.143. The Kier molecular flexibility index (Phi) is 10.3. The van der Waals surface area contributed by atoms with E-state index in [4.69, 9.17) is 10.5 Å². The first-order valence-electron chi connectivity index (χ1n) is 9.95. The number of para-hydroxylation sites is 1. The maximum atomic E-state index is 13.0. The summed E-state index contributed by atoms with van der Waals surface area (Å²) < 4.78 is 5.54. The highest BCUT2D eigenvalue weighted by atomic mass is 35.5. The largest absolute Gasteiger partial charge is 0.496 e. The summed E-state index contributed by atoms with van der Waals surface area (Å²) in [4.78, 5) is 27.5. The van der Waals surface area contributed by atoms with E-state index in [2.05, 4.69) is 12.2 Å². The molecule has 0 bridgehead atoms. The second-order valence-electron chi connectivity index (χ2n) is 7.33. The molecule has 1 aromatic carbocycles. The van der Waals surface area contributed by atoms with Gasteiger partial charge in [0.15, 0.2) is 0 Å². The standard InChI is InChI=1S/C21H33N3O3.ClH/c1-4-5-14-24-19(25)11-10-17(21(26)23-13-12-15(2)22)20(24)16-8-6-7-9-18(16)27-3;/h6-9,15,17,20H,4-5,10-14,22H2,1-3H3,(H,23,26);1H. The summed E-state index contributed by atoms with van der Waals surface area (Å²) in [7, 11) is 1.62. The number of methoxy groups -OCH3 is 1. The second-order valence-corrected chi connectivity index (χ2v) is 7.33. The van der Waals surface area contributed by atoms with Gasteiger partial charge in [-0.25, -0.2) is 0 Å². The highest BCUT2D eigenvalue weighted by Crippen LogP contribution is 2.40. The van der Waals surface area contributed by atoms with Crippen LogP contribution >= 0.6 is 12.4 Å². The molecule has 0 aromatic heterocycles. The van der Waals surface area contributed by atoms with E-state index in [9.17, 15) is 9.59 Å². The third kappa shape index (κ3) is 6.11. The van der Waals surface area contributed by atoms with Gasteiger partial charge >= 0.3 is 0 Å². The third-order valence-corrected chi connectivity index (χ3v) is 5.15. The van der Waals surface area contributed by atoms with Crippen molar-refractivity contribution in [3.63, 3.8) is 0 Å². The zero-order valence-corrected chi connectivity index (χ0v) is 18.0. The zero-order chi connectivity index (χ0) is 19.8. The topological polar surface area (TPSA) is 84.7 Å². The first kappa shape index (κ1) is 24.2. The van der Waals surface area contributed by atoms with E-state index in [-0.39, 0.29) is 42.2 Å². The zero-order valence-electron chi connectivity index (χ0n) is 17.1. The van der Waals surface area contributed by atoms with Crippen molar-refractivity contribution in [2.45, 2.75) is 58.0 Å². The fourth-order valence-electron chi connectivity index (χ4n) is 3.67. The van der Waals surface area contributed by atoms with E-state index >= 15 is 0 Å². The molecule has 0 spiro atoms. The average molecular weight is 412 g/mol. The number of carbonyl (C=O) groups is 2. The summed E-state index contributed by atoms with van der Waals surface area (Å²) in [5, 5.41) is 3.01. The molecule has 1 fully saturated rings. The number of amides is 2. The molecule has 0 aliphatic carbocycles. The van der Waals surface area contributed by atoms with E-state index in [0.29, 0.717) is 31.7 Å². The van der Waals surface area contributed by atoms with Crippen molar-refractivity contribution in [3.05, 3.63) is 29.8 Å². The highest BCUT2D eigenvalue weighted by molar-refractivity contribution is 5.85. The Labute approximate surface area is 174 Å². The van der Waals surface area contributed by atoms with Crippen LogP contribution in [0.25, 0.3) is 0 Å². The molecule has 28 heavy (non-hydrogen) atoms. The smallest absolute Gasteiger partial charge is 0.225 e. The molecular formula is C21H34ClN3O3. The number of likely N-dealkylation sites (tertiary alicyclic amines) is 1. The molecule has 7 heteroatoms. The molecule has 6 nitrogen and oxygen atoms in total. The summed E-state index contributed by atoms with van der Waals surface area (Å²) in [6.45, 7) is 5.23. The molecule has 3 unspecified atom stereocenters. The minimum absolute atomic E-state index is 0. The van der Waals surface area contributed by atoms with Crippen LogP contribution in [0.2, 0.25) is 0 Å². The van der Waals surface area contributed by atoms with Crippen LogP contribution in [0.4, 0.5) is 0 Å². The number of unbranched alkanes of at least 4 members (excludes halogenated alkanes) is 1. The number of nitrogens with two attached hydrogens (primary N) is 1. The molecule has 2 rings (SSSR count). The molecule has 1 saturated heterocycles. The summed E-state index contributed by atoms with van der Waals surface area (Å²) in [6, 6.07) is 7.43. The van der Waals surface area contributed by atoms with Crippen LogP contribution in [0, 0.1) is 5.92 Å². The Hall–Kier alpha value is -1.79. The number of nitrogens with zero attached hydrogens (tertiary/aromatic N) is 1. The van der Waals surface area contributed by atoms with Crippen molar-refractivity contribution in [2.24, 2.45) is 11.7 Å². The third-order valence-electron chi connectivity index (χ3n) is 5.15. The molecule has 1 aliphatic rings. The van der Waals surface area contributed by atoms with Gasteiger partial charge in [-0.2, -0.15) is 0 Å². The van der Waals surface area contributed by atoms with Crippen LogP contribution in [0.3, 0.4) is 0 Å². The number of halogens is 1. The second kappa shape index (κ2) is 11.9. The van der Waals surface area contributed by atoms with Gasteiger partial charge in [0.05, 0.1) is 19.1 Å². The van der Waals surface area contributed by atoms with Gasteiger partial charge in [-0.05, 0) is 32.3 Å². The molecule has 0 radical (unpaired) electrons. The number of benzene rings is 1. The van der Waals surface area contributed by atoms with Crippen molar-refractivity contribution >= 4 is 24.2 Å². The van der Waals surface area contributed by atoms with Gasteiger partial charge in [0.1, 0.15) is 5.75 Å². The number of rotatable bonds is 9. The first-order chi connectivity index (χ1) is 13.0. The predicted molar refractivity (Wildman–Crippen MR) is 114 cm³/mol. The Morgan fingerprint density at radius 2 is 2.11 bits per heavy atom. The predicted octanol–water partition coefficient (Wildman–Crippen LogP) is 3.05. The molecule has 1 aliphatic heterocycles. The van der Waals surface area contributed by atoms with Gasteiger partial charge in [-0.15, -0.1) is 12.4 Å². The Balaban J connectivity index is 0.00000392. The van der Waals surface area contributed by atoms with Crippen molar-refractivity contribution in [1.82, 2.24) is 10.2 Å². The SMILES string of the molecule is CCCCN1C(=O)CCC(C(=O)NCCC(C)N)C1c1ccccc1OC.Cl. The van der Waals surface area contributed by atoms with Crippen molar-refractivity contribution in [3.8, 4) is 5.75 Å². The van der Waals surface area contributed by atoms with Crippen LogP contribution in [-0.4, -0.2) is 43.0 Å². The van der Waals surface area contributed by atoms with E-state index in [1.165, 1.54) is 0 Å². The monoisotopic (exact) mass is 411 g/mol. The van der Waals surface area contributed by atoms with Crippen LogP contribution in [0.15, 0.2) is 24.3 Å². The fraction of sp³-hybridized carbons (Fsp3) is 0.619. The Morgan fingerprint density at radius 1 is 1.39 bits per heavy atom.